The van der Waals surface area contributed by atoms with Crippen molar-refractivity contribution in [3.05, 3.63) is 34.4 Å². The van der Waals surface area contributed by atoms with Gasteiger partial charge in [-0.2, -0.15) is 0 Å². The number of aliphatic hydroxyl groups is 1. The summed E-state index contributed by atoms with van der Waals surface area (Å²) >= 11 is 3.52. The van der Waals surface area contributed by atoms with Crippen molar-refractivity contribution in [1.82, 2.24) is 9.88 Å². The van der Waals surface area contributed by atoms with Crippen LogP contribution in [-0.4, -0.2) is 23.3 Å². The minimum absolute atomic E-state index is 0.457. The Labute approximate surface area is 103 Å². The van der Waals surface area contributed by atoms with Crippen molar-refractivity contribution in [2.45, 2.75) is 6.10 Å². The Morgan fingerprint density at radius 3 is 2.94 bits per heavy atom. The first-order valence-electron chi connectivity index (χ1n) is 5.20. The second-order valence-electron chi connectivity index (χ2n) is 3.94. The Morgan fingerprint density at radius 2 is 2.25 bits per heavy atom. The maximum Gasteiger partial charge on any atom is 0.0914 e. The number of benzene rings is 1. The molecule has 1 unspecified atom stereocenters. The van der Waals surface area contributed by atoms with E-state index in [1.165, 1.54) is 0 Å². The topological polar surface area (TPSA) is 37.2 Å². The molecule has 0 radical (unpaired) electrons. The van der Waals surface area contributed by atoms with E-state index in [-0.39, 0.29) is 0 Å². The van der Waals surface area contributed by atoms with Gasteiger partial charge < -0.3 is 15.0 Å². The van der Waals surface area contributed by atoms with Crippen LogP contribution in [0, 0.1) is 0 Å². The van der Waals surface area contributed by atoms with Crippen molar-refractivity contribution in [1.29, 1.82) is 0 Å². The number of nitrogens with one attached hydrogen (secondary N) is 1. The van der Waals surface area contributed by atoms with Crippen LogP contribution in [0.1, 0.15) is 11.7 Å². The number of aliphatic hydroxyl groups excluding tert-OH is 1. The smallest absolute Gasteiger partial charge is 0.0914 e. The van der Waals surface area contributed by atoms with Gasteiger partial charge in [0.1, 0.15) is 0 Å². The zero-order valence-corrected chi connectivity index (χ0v) is 11.0. The summed E-state index contributed by atoms with van der Waals surface area (Å²) in [5.41, 5.74) is 2.10. The number of aromatic nitrogens is 1. The first kappa shape index (κ1) is 11.6. The number of nitrogens with zero attached hydrogens (tertiary/aromatic N) is 1. The molecular weight excluding hydrogens is 268 g/mol. The standard InChI is InChI=1S/C12H15BrN2O/c1-14-6-12(16)8-3-4-11-9(5-8)10(13)7-15(11)2/h3-5,7,12,14,16H,6H2,1-2H3. The van der Waals surface area contributed by atoms with Crippen molar-refractivity contribution in [2.24, 2.45) is 7.05 Å². The van der Waals surface area contributed by atoms with Crippen LogP contribution in [-0.2, 0) is 7.05 Å². The van der Waals surface area contributed by atoms with Crippen LogP contribution >= 0.6 is 15.9 Å². The van der Waals surface area contributed by atoms with E-state index in [2.05, 4.69) is 25.8 Å². The lowest BCUT2D eigenvalue weighted by Crippen LogP contribution is -2.16. The zero-order chi connectivity index (χ0) is 11.7. The summed E-state index contributed by atoms with van der Waals surface area (Å²) in [5, 5.41) is 14.0. The molecule has 3 nitrogen and oxygen atoms in total. The monoisotopic (exact) mass is 282 g/mol. The summed E-state index contributed by atoms with van der Waals surface area (Å²) in [7, 11) is 3.84. The highest BCUT2D eigenvalue weighted by Gasteiger charge is 2.10. The fraction of sp³-hybridized carbons (Fsp3) is 0.333. The molecule has 0 aliphatic carbocycles. The van der Waals surface area contributed by atoms with Gasteiger partial charge in [0.15, 0.2) is 0 Å². The summed E-state index contributed by atoms with van der Waals surface area (Å²) in [4.78, 5) is 0. The predicted octanol–water partition coefficient (Wildman–Crippen LogP) is 2.19. The molecule has 1 heterocycles. The maximum absolute atomic E-state index is 9.89. The Kier molecular flexibility index (Phi) is 3.33. The van der Waals surface area contributed by atoms with Gasteiger partial charge >= 0.3 is 0 Å². The zero-order valence-electron chi connectivity index (χ0n) is 9.37. The number of hydrogen-bond donors (Lipinski definition) is 2. The molecule has 0 spiro atoms. The Bertz CT molecular complexity index is 507. The molecule has 2 aromatic rings. The normalized spacial score (nSPS) is 13.2. The van der Waals surface area contributed by atoms with E-state index < -0.39 is 6.10 Å². The minimum Gasteiger partial charge on any atom is -0.387 e. The van der Waals surface area contributed by atoms with E-state index in [4.69, 9.17) is 0 Å². The highest BCUT2D eigenvalue weighted by molar-refractivity contribution is 9.10. The Hall–Kier alpha value is -0.840. The van der Waals surface area contributed by atoms with E-state index in [0.29, 0.717) is 6.54 Å². The number of fused-ring (bicyclic) bond motifs is 1. The number of halogens is 1. The fourth-order valence-corrected chi connectivity index (χ4v) is 2.50. The molecule has 0 saturated carbocycles. The molecule has 2 rings (SSSR count). The lowest BCUT2D eigenvalue weighted by atomic mass is 10.1. The lowest BCUT2D eigenvalue weighted by molar-refractivity contribution is 0.178. The lowest BCUT2D eigenvalue weighted by Gasteiger charge is -2.10. The van der Waals surface area contributed by atoms with Gasteiger partial charge in [-0.15, -0.1) is 0 Å². The molecule has 0 amide bonds. The summed E-state index contributed by atoms with van der Waals surface area (Å²) in [5.74, 6) is 0. The van der Waals surface area contributed by atoms with Gasteiger partial charge in [-0.25, -0.2) is 0 Å². The number of rotatable bonds is 3. The van der Waals surface area contributed by atoms with E-state index in [9.17, 15) is 5.11 Å². The van der Waals surface area contributed by atoms with Crippen LogP contribution in [0.15, 0.2) is 28.9 Å². The first-order valence-corrected chi connectivity index (χ1v) is 6.00. The van der Waals surface area contributed by atoms with Gasteiger partial charge in [0.05, 0.1) is 6.10 Å². The molecule has 0 saturated heterocycles. The van der Waals surface area contributed by atoms with Crippen LogP contribution in [0.5, 0.6) is 0 Å². The molecule has 0 aliphatic rings. The molecule has 4 heteroatoms. The van der Waals surface area contributed by atoms with Crippen LogP contribution in [0.25, 0.3) is 10.9 Å². The second kappa shape index (κ2) is 4.57. The highest BCUT2D eigenvalue weighted by atomic mass is 79.9. The number of hydrogen-bond acceptors (Lipinski definition) is 2. The van der Waals surface area contributed by atoms with Gasteiger partial charge in [-0.3, -0.25) is 0 Å². The van der Waals surface area contributed by atoms with Crippen LogP contribution in [0.4, 0.5) is 0 Å². The second-order valence-corrected chi connectivity index (χ2v) is 4.79. The molecular formula is C12H15BrN2O. The van der Waals surface area contributed by atoms with Gasteiger partial charge in [-0.1, -0.05) is 6.07 Å². The summed E-state index contributed by atoms with van der Waals surface area (Å²) in [6, 6.07) is 6.03. The highest BCUT2D eigenvalue weighted by Crippen LogP contribution is 2.28. The Morgan fingerprint density at radius 1 is 1.50 bits per heavy atom. The summed E-state index contributed by atoms with van der Waals surface area (Å²) in [6.45, 7) is 0.565. The average molecular weight is 283 g/mol. The van der Waals surface area contributed by atoms with E-state index in [0.717, 1.165) is 20.9 Å². The summed E-state index contributed by atoms with van der Waals surface area (Å²) < 4.78 is 3.12. The molecule has 1 aromatic heterocycles. The maximum atomic E-state index is 9.89. The van der Waals surface area contributed by atoms with Crippen LogP contribution in [0.2, 0.25) is 0 Å². The quantitative estimate of drug-likeness (QED) is 0.906. The molecule has 1 aromatic carbocycles. The van der Waals surface area contributed by atoms with Gasteiger partial charge in [0.2, 0.25) is 0 Å². The van der Waals surface area contributed by atoms with Crippen molar-refractivity contribution in [3.8, 4) is 0 Å². The molecule has 2 N–H and O–H groups in total. The van der Waals surface area contributed by atoms with Gasteiger partial charge in [-0.05, 0) is 40.7 Å². The molecule has 86 valence electrons. The van der Waals surface area contributed by atoms with Gasteiger partial charge in [0, 0.05) is 35.2 Å². The fourth-order valence-electron chi connectivity index (χ4n) is 1.88. The predicted molar refractivity (Wildman–Crippen MR) is 69.5 cm³/mol. The molecule has 1 atom stereocenters. The van der Waals surface area contributed by atoms with Crippen LogP contribution in [0.3, 0.4) is 0 Å². The molecule has 16 heavy (non-hydrogen) atoms. The summed E-state index contributed by atoms with van der Waals surface area (Å²) in [6.07, 6.45) is 1.57. The molecule has 0 fully saturated rings. The third-order valence-electron chi connectivity index (χ3n) is 2.75. The van der Waals surface area contributed by atoms with Crippen molar-refractivity contribution < 1.29 is 5.11 Å². The van der Waals surface area contributed by atoms with E-state index in [1.54, 1.807) is 0 Å². The third kappa shape index (κ3) is 2.00. The minimum atomic E-state index is -0.457. The molecule has 0 aliphatic heterocycles. The molecule has 0 bridgehead atoms. The van der Waals surface area contributed by atoms with E-state index >= 15 is 0 Å². The van der Waals surface area contributed by atoms with E-state index in [1.807, 2.05) is 38.5 Å². The van der Waals surface area contributed by atoms with Crippen molar-refractivity contribution in [3.63, 3.8) is 0 Å². The Balaban J connectivity index is 2.47. The average Bonchev–Trinajstić information content (AvgIpc) is 2.55. The van der Waals surface area contributed by atoms with Crippen molar-refractivity contribution in [2.75, 3.05) is 13.6 Å². The van der Waals surface area contributed by atoms with Crippen LogP contribution < -0.4 is 5.32 Å². The third-order valence-corrected chi connectivity index (χ3v) is 3.38. The first-order chi connectivity index (χ1) is 7.63. The number of aryl methyl sites for hydroxylation is 1. The SMILES string of the molecule is CNCC(O)c1ccc2c(c1)c(Br)cn2C. The largest absolute Gasteiger partial charge is 0.387 e. The van der Waals surface area contributed by atoms with Gasteiger partial charge in [0.25, 0.3) is 0 Å². The number of likely N-dealkylation sites (N-methyl/N-ethyl adjacent to an activating group) is 1. The van der Waals surface area contributed by atoms with Crippen molar-refractivity contribution >= 4 is 26.8 Å².